The second-order valence-corrected chi connectivity index (χ2v) is 7.32. The number of urea groups is 1. The zero-order valence-corrected chi connectivity index (χ0v) is 13.3. The third-order valence-electron chi connectivity index (χ3n) is 3.31. The summed E-state index contributed by atoms with van der Waals surface area (Å²) in [5.74, 6) is -0.0643. The highest BCUT2D eigenvalue weighted by Crippen LogP contribution is 2.27. The van der Waals surface area contributed by atoms with Gasteiger partial charge in [-0.25, -0.2) is 9.59 Å². The van der Waals surface area contributed by atoms with E-state index in [1.165, 1.54) is 26.4 Å². The molecule has 2 heterocycles. The Bertz CT molecular complexity index is 530. The summed E-state index contributed by atoms with van der Waals surface area (Å²) in [6.07, 6.45) is 0. The predicted molar refractivity (Wildman–Crippen MR) is 81.3 cm³/mol. The van der Waals surface area contributed by atoms with E-state index < -0.39 is 12.0 Å². The molecule has 0 spiro atoms. The fraction of sp³-hybridized carbons (Fsp3) is 0.538. The molecule has 0 saturated carbocycles. The number of hydrogen-bond acceptors (Lipinski definition) is 4. The molecule has 7 heteroatoms. The van der Waals surface area contributed by atoms with Crippen LogP contribution in [-0.2, 0) is 4.79 Å². The van der Waals surface area contributed by atoms with Crippen molar-refractivity contribution in [3.05, 3.63) is 21.4 Å². The number of thioether (sulfide) groups is 1. The number of carbonyl (C=O) groups excluding carboxylic acids is 1. The van der Waals surface area contributed by atoms with Gasteiger partial charge >= 0.3 is 12.0 Å². The van der Waals surface area contributed by atoms with E-state index in [1.807, 2.05) is 20.8 Å². The maximum absolute atomic E-state index is 12.2. The lowest BCUT2D eigenvalue weighted by Crippen LogP contribution is -2.47. The van der Waals surface area contributed by atoms with Crippen LogP contribution in [0.15, 0.2) is 6.07 Å². The number of carbonyl (C=O) groups is 2. The van der Waals surface area contributed by atoms with Crippen molar-refractivity contribution in [2.45, 2.75) is 32.9 Å². The van der Waals surface area contributed by atoms with Gasteiger partial charge in [0.25, 0.3) is 0 Å². The second kappa shape index (κ2) is 6.05. The van der Waals surface area contributed by atoms with Crippen molar-refractivity contribution >= 4 is 35.1 Å². The normalized spacial score (nSPS) is 19.9. The summed E-state index contributed by atoms with van der Waals surface area (Å²) in [5.41, 5.74) is 1.10. The molecule has 2 rings (SSSR count). The highest BCUT2D eigenvalue weighted by Gasteiger charge is 2.35. The van der Waals surface area contributed by atoms with Crippen molar-refractivity contribution < 1.29 is 14.7 Å². The number of aryl methyl sites for hydroxylation is 2. The van der Waals surface area contributed by atoms with Crippen LogP contribution in [0, 0.1) is 13.8 Å². The first kappa shape index (κ1) is 15.2. The van der Waals surface area contributed by atoms with Crippen molar-refractivity contribution in [2.24, 2.45) is 0 Å². The minimum atomic E-state index is -0.944. The highest BCUT2D eigenvalue weighted by atomic mass is 32.2. The van der Waals surface area contributed by atoms with Gasteiger partial charge in [-0.2, -0.15) is 0 Å². The van der Waals surface area contributed by atoms with Crippen LogP contribution in [0.1, 0.15) is 28.3 Å². The van der Waals surface area contributed by atoms with Crippen molar-refractivity contribution in [3.63, 3.8) is 0 Å². The Morgan fingerprint density at radius 2 is 2.20 bits per heavy atom. The number of hydrogen-bond donors (Lipinski definition) is 2. The smallest absolute Gasteiger partial charge is 0.327 e. The van der Waals surface area contributed by atoms with E-state index in [2.05, 4.69) is 11.4 Å². The molecule has 20 heavy (non-hydrogen) atoms. The first-order valence-corrected chi connectivity index (χ1v) is 8.32. The van der Waals surface area contributed by atoms with Crippen molar-refractivity contribution in [1.29, 1.82) is 0 Å². The standard InChI is InChI=1S/C13H18N2O3S2/c1-7-4-10(9(3)20-7)8(2)14-13(18)15-6-19-5-11(15)12(16)17/h4,8,11H,5-6H2,1-3H3,(H,14,18)(H,16,17). The van der Waals surface area contributed by atoms with E-state index in [-0.39, 0.29) is 12.1 Å². The Morgan fingerprint density at radius 3 is 2.75 bits per heavy atom. The molecule has 0 radical (unpaired) electrons. The molecule has 0 aromatic carbocycles. The van der Waals surface area contributed by atoms with Gasteiger partial charge in [0.05, 0.1) is 11.9 Å². The number of thiophene rings is 1. The van der Waals surface area contributed by atoms with Gasteiger partial charge in [-0.05, 0) is 32.4 Å². The lowest BCUT2D eigenvalue weighted by atomic mass is 10.1. The summed E-state index contributed by atoms with van der Waals surface area (Å²) in [7, 11) is 0. The number of carboxylic acid groups (broad SMARTS) is 1. The molecule has 1 saturated heterocycles. The third kappa shape index (κ3) is 3.09. The average molecular weight is 314 g/mol. The molecule has 1 aromatic heterocycles. The number of amides is 2. The van der Waals surface area contributed by atoms with E-state index in [4.69, 9.17) is 5.11 Å². The van der Waals surface area contributed by atoms with E-state index >= 15 is 0 Å². The van der Waals surface area contributed by atoms with Gasteiger partial charge in [-0.3, -0.25) is 0 Å². The minimum absolute atomic E-state index is 0.118. The molecule has 1 fully saturated rings. The molecule has 2 unspecified atom stereocenters. The molecule has 1 aromatic rings. The molecule has 0 bridgehead atoms. The Labute approximate surface area is 126 Å². The van der Waals surface area contributed by atoms with Crippen LogP contribution in [0.25, 0.3) is 0 Å². The van der Waals surface area contributed by atoms with Gasteiger partial charge in [0.2, 0.25) is 0 Å². The van der Waals surface area contributed by atoms with Crippen molar-refractivity contribution in [3.8, 4) is 0 Å². The first-order valence-electron chi connectivity index (χ1n) is 6.34. The number of carboxylic acids is 1. The molecule has 2 amide bonds. The zero-order valence-electron chi connectivity index (χ0n) is 11.7. The van der Waals surface area contributed by atoms with Gasteiger partial charge in [-0.15, -0.1) is 23.1 Å². The molecular weight excluding hydrogens is 296 g/mol. The molecule has 1 aliphatic rings. The summed E-state index contributed by atoms with van der Waals surface area (Å²) < 4.78 is 0. The number of nitrogens with zero attached hydrogens (tertiary/aromatic N) is 1. The van der Waals surface area contributed by atoms with Crippen LogP contribution in [0.4, 0.5) is 4.79 Å². The molecule has 2 N–H and O–H groups in total. The lowest BCUT2D eigenvalue weighted by Gasteiger charge is -2.23. The maximum atomic E-state index is 12.2. The summed E-state index contributed by atoms with van der Waals surface area (Å²) in [6, 6.07) is 0.918. The monoisotopic (exact) mass is 314 g/mol. The van der Waals surface area contributed by atoms with Crippen LogP contribution in [-0.4, -0.2) is 39.7 Å². The first-order chi connectivity index (χ1) is 9.40. The zero-order chi connectivity index (χ0) is 14.9. The van der Waals surface area contributed by atoms with Crippen LogP contribution in [0.3, 0.4) is 0 Å². The van der Waals surface area contributed by atoms with Gasteiger partial charge in [0, 0.05) is 15.5 Å². The molecule has 1 aliphatic heterocycles. The predicted octanol–water partition coefficient (Wildman–Crippen LogP) is 2.60. The molecule has 110 valence electrons. The number of rotatable bonds is 3. The second-order valence-electron chi connectivity index (χ2n) is 4.86. The number of nitrogens with one attached hydrogen (secondary N) is 1. The average Bonchev–Trinajstić information content (AvgIpc) is 2.95. The minimum Gasteiger partial charge on any atom is -0.480 e. The largest absolute Gasteiger partial charge is 0.480 e. The summed E-state index contributed by atoms with van der Waals surface area (Å²) in [6.45, 7) is 5.99. The van der Waals surface area contributed by atoms with Gasteiger partial charge < -0.3 is 15.3 Å². The van der Waals surface area contributed by atoms with E-state index in [0.717, 1.165) is 5.56 Å². The molecule has 2 atom stereocenters. The Hall–Kier alpha value is -1.21. The third-order valence-corrected chi connectivity index (χ3v) is 5.31. The van der Waals surface area contributed by atoms with E-state index in [0.29, 0.717) is 11.6 Å². The van der Waals surface area contributed by atoms with E-state index in [9.17, 15) is 9.59 Å². The van der Waals surface area contributed by atoms with Crippen LogP contribution >= 0.6 is 23.1 Å². The SMILES string of the molecule is Cc1cc(C(C)NC(=O)N2CSCC2C(=O)O)c(C)s1. The summed E-state index contributed by atoms with van der Waals surface area (Å²) in [4.78, 5) is 27.1. The van der Waals surface area contributed by atoms with Crippen molar-refractivity contribution in [1.82, 2.24) is 10.2 Å². The molecular formula is C13H18N2O3S2. The summed E-state index contributed by atoms with van der Waals surface area (Å²) in [5, 5.41) is 12.0. The topological polar surface area (TPSA) is 69.6 Å². The summed E-state index contributed by atoms with van der Waals surface area (Å²) >= 11 is 3.16. The van der Waals surface area contributed by atoms with Gasteiger partial charge in [-0.1, -0.05) is 0 Å². The lowest BCUT2D eigenvalue weighted by molar-refractivity contribution is -0.140. The Kier molecular flexibility index (Phi) is 4.59. The fourth-order valence-corrected chi connectivity index (χ4v) is 4.44. The maximum Gasteiger partial charge on any atom is 0.327 e. The van der Waals surface area contributed by atoms with Gasteiger partial charge in [0.15, 0.2) is 0 Å². The van der Waals surface area contributed by atoms with Crippen LogP contribution < -0.4 is 5.32 Å². The molecule has 5 nitrogen and oxygen atoms in total. The highest BCUT2D eigenvalue weighted by molar-refractivity contribution is 7.99. The van der Waals surface area contributed by atoms with Gasteiger partial charge in [0.1, 0.15) is 6.04 Å². The number of aliphatic carboxylic acids is 1. The molecule has 0 aliphatic carbocycles. The van der Waals surface area contributed by atoms with Crippen LogP contribution in [0.5, 0.6) is 0 Å². The fourth-order valence-electron chi connectivity index (χ4n) is 2.27. The Morgan fingerprint density at radius 1 is 1.50 bits per heavy atom. The van der Waals surface area contributed by atoms with E-state index in [1.54, 1.807) is 11.3 Å². The van der Waals surface area contributed by atoms with Crippen LogP contribution in [0.2, 0.25) is 0 Å². The quantitative estimate of drug-likeness (QED) is 0.900. The Balaban J connectivity index is 2.04. The van der Waals surface area contributed by atoms with Crippen molar-refractivity contribution in [2.75, 3.05) is 11.6 Å².